The highest BCUT2D eigenvalue weighted by atomic mass is 32.2. The number of aromatic nitrogens is 1. The fraction of sp³-hybridized carbons (Fsp3) is 0.0556. The molecule has 1 aliphatic rings. The Labute approximate surface area is 146 Å². The van der Waals surface area contributed by atoms with Gasteiger partial charge in [0, 0.05) is 35.0 Å². The van der Waals surface area contributed by atoms with Crippen LogP contribution in [0.25, 0.3) is 28.2 Å². The molecule has 124 valence electrons. The van der Waals surface area contributed by atoms with Crippen LogP contribution in [-0.2, 0) is 4.79 Å². The van der Waals surface area contributed by atoms with Crippen LogP contribution in [-0.4, -0.2) is 23.2 Å². The van der Waals surface area contributed by atoms with Gasteiger partial charge in [-0.05, 0) is 23.9 Å². The molecule has 2 amide bonds. The van der Waals surface area contributed by atoms with Crippen LogP contribution in [0.15, 0.2) is 52.0 Å². The molecule has 4 rings (SSSR count). The number of hydrogen-bond donors (Lipinski definition) is 1. The standard InChI is InChI=1S/C18H12N2O4S/c1-23-14-5-3-2-4-12(14)13-9-19-8-10-6-11(24-16(10)13)7-15-17(21)20-18(22)25-15/h2-9H,1H3,(H,20,21,22). The van der Waals surface area contributed by atoms with Crippen molar-refractivity contribution in [2.45, 2.75) is 0 Å². The van der Waals surface area contributed by atoms with Crippen molar-refractivity contribution in [1.82, 2.24) is 10.3 Å². The predicted molar refractivity (Wildman–Crippen MR) is 95.1 cm³/mol. The van der Waals surface area contributed by atoms with E-state index in [0.717, 1.165) is 28.3 Å². The van der Waals surface area contributed by atoms with Gasteiger partial charge in [-0.25, -0.2) is 0 Å². The SMILES string of the molecule is COc1ccccc1-c1cncc2cc(C=C3SC(=O)NC3=O)oc12. The maximum absolute atomic E-state index is 11.7. The fourth-order valence-corrected chi connectivity index (χ4v) is 3.32. The zero-order valence-electron chi connectivity index (χ0n) is 13.1. The van der Waals surface area contributed by atoms with E-state index in [2.05, 4.69) is 10.3 Å². The van der Waals surface area contributed by atoms with Crippen LogP contribution in [0.2, 0.25) is 0 Å². The van der Waals surface area contributed by atoms with Crippen LogP contribution in [0.5, 0.6) is 5.75 Å². The van der Waals surface area contributed by atoms with Gasteiger partial charge >= 0.3 is 0 Å². The molecule has 3 aromatic rings. The number of furan rings is 1. The van der Waals surface area contributed by atoms with Crippen LogP contribution in [0.3, 0.4) is 0 Å². The monoisotopic (exact) mass is 352 g/mol. The second kappa shape index (κ2) is 6.10. The minimum Gasteiger partial charge on any atom is -0.496 e. The van der Waals surface area contributed by atoms with Crippen molar-refractivity contribution in [2.75, 3.05) is 7.11 Å². The third kappa shape index (κ3) is 2.78. The first-order chi connectivity index (χ1) is 12.2. The topological polar surface area (TPSA) is 81.4 Å². The minimum atomic E-state index is -0.418. The molecule has 2 aromatic heterocycles. The quantitative estimate of drug-likeness (QED) is 0.722. The number of pyridine rings is 1. The third-order valence-electron chi connectivity index (χ3n) is 3.75. The van der Waals surface area contributed by atoms with Crippen molar-refractivity contribution in [3.63, 3.8) is 0 Å². The Balaban J connectivity index is 1.84. The Bertz CT molecular complexity index is 1040. The molecule has 1 fully saturated rings. The third-order valence-corrected chi connectivity index (χ3v) is 4.56. The second-order valence-electron chi connectivity index (χ2n) is 5.31. The highest BCUT2D eigenvalue weighted by molar-refractivity contribution is 8.18. The van der Waals surface area contributed by atoms with Gasteiger partial charge in [-0.2, -0.15) is 0 Å². The summed E-state index contributed by atoms with van der Waals surface area (Å²) in [7, 11) is 1.61. The van der Waals surface area contributed by atoms with E-state index < -0.39 is 5.91 Å². The molecular weight excluding hydrogens is 340 g/mol. The van der Waals surface area contributed by atoms with Crippen LogP contribution in [0.1, 0.15) is 5.76 Å². The number of carbonyl (C=O) groups is 2. The minimum absolute atomic E-state index is 0.302. The highest BCUT2D eigenvalue weighted by Crippen LogP contribution is 2.36. The number of nitrogens with zero attached hydrogens (tertiary/aromatic N) is 1. The first-order valence-electron chi connectivity index (χ1n) is 7.41. The molecule has 0 radical (unpaired) electrons. The lowest BCUT2D eigenvalue weighted by Gasteiger charge is -2.08. The van der Waals surface area contributed by atoms with Crippen molar-refractivity contribution in [1.29, 1.82) is 0 Å². The van der Waals surface area contributed by atoms with Crippen molar-refractivity contribution in [2.24, 2.45) is 0 Å². The van der Waals surface area contributed by atoms with E-state index in [9.17, 15) is 9.59 Å². The zero-order chi connectivity index (χ0) is 17.4. The summed E-state index contributed by atoms with van der Waals surface area (Å²) in [5, 5.41) is 2.63. The molecule has 0 saturated carbocycles. The number of para-hydroxylation sites is 1. The molecule has 1 saturated heterocycles. The van der Waals surface area contributed by atoms with E-state index in [-0.39, 0.29) is 5.24 Å². The summed E-state index contributed by atoms with van der Waals surface area (Å²) in [6.07, 6.45) is 4.95. The van der Waals surface area contributed by atoms with E-state index >= 15 is 0 Å². The average molecular weight is 352 g/mol. The summed E-state index contributed by atoms with van der Waals surface area (Å²) in [6, 6.07) is 9.37. The van der Waals surface area contributed by atoms with Gasteiger partial charge in [0.15, 0.2) is 0 Å². The maximum Gasteiger partial charge on any atom is 0.290 e. The number of methoxy groups -OCH3 is 1. The van der Waals surface area contributed by atoms with Gasteiger partial charge in [-0.3, -0.25) is 19.9 Å². The van der Waals surface area contributed by atoms with Gasteiger partial charge < -0.3 is 9.15 Å². The van der Waals surface area contributed by atoms with Crippen LogP contribution >= 0.6 is 11.8 Å². The normalized spacial score (nSPS) is 15.8. The molecule has 7 heteroatoms. The van der Waals surface area contributed by atoms with Crippen LogP contribution < -0.4 is 10.1 Å². The summed E-state index contributed by atoms with van der Waals surface area (Å²) in [5.41, 5.74) is 2.29. The summed E-state index contributed by atoms with van der Waals surface area (Å²) in [5.74, 6) is 0.773. The predicted octanol–water partition coefficient (Wildman–Crippen LogP) is 3.83. The van der Waals surface area contributed by atoms with Crippen molar-refractivity contribution in [3.05, 3.63) is 53.4 Å². The van der Waals surface area contributed by atoms with Crippen molar-refractivity contribution in [3.8, 4) is 16.9 Å². The number of imide groups is 1. The summed E-state index contributed by atoms with van der Waals surface area (Å²) in [4.78, 5) is 27.5. The number of ether oxygens (including phenoxy) is 1. The fourth-order valence-electron chi connectivity index (χ4n) is 2.66. The Morgan fingerprint density at radius 2 is 2.04 bits per heavy atom. The summed E-state index contributed by atoms with van der Waals surface area (Å²) < 4.78 is 11.3. The Hall–Kier alpha value is -3.06. The van der Waals surface area contributed by atoms with E-state index in [1.54, 1.807) is 31.6 Å². The molecule has 0 spiro atoms. The average Bonchev–Trinajstić information content (AvgIpc) is 3.17. The van der Waals surface area contributed by atoms with Crippen molar-refractivity contribution < 1.29 is 18.7 Å². The highest BCUT2D eigenvalue weighted by Gasteiger charge is 2.25. The molecular formula is C18H12N2O4S. The lowest BCUT2D eigenvalue weighted by Crippen LogP contribution is -2.17. The lowest BCUT2D eigenvalue weighted by molar-refractivity contribution is -0.115. The van der Waals surface area contributed by atoms with E-state index in [4.69, 9.17) is 9.15 Å². The molecule has 1 N–H and O–H groups in total. The molecule has 0 unspecified atom stereocenters. The molecule has 25 heavy (non-hydrogen) atoms. The van der Waals surface area contributed by atoms with E-state index in [1.807, 2.05) is 24.3 Å². The largest absolute Gasteiger partial charge is 0.496 e. The van der Waals surface area contributed by atoms with Gasteiger partial charge in [0.1, 0.15) is 17.1 Å². The molecule has 0 bridgehead atoms. The second-order valence-corrected chi connectivity index (χ2v) is 6.32. The Kier molecular flexibility index (Phi) is 3.77. The number of nitrogens with one attached hydrogen (secondary N) is 1. The molecule has 0 aliphatic carbocycles. The first kappa shape index (κ1) is 15.5. The first-order valence-corrected chi connectivity index (χ1v) is 8.23. The zero-order valence-corrected chi connectivity index (χ0v) is 13.9. The Morgan fingerprint density at radius 1 is 1.20 bits per heavy atom. The molecule has 6 nitrogen and oxygen atoms in total. The van der Waals surface area contributed by atoms with Gasteiger partial charge in [0.25, 0.3) is 11.1 Å². The van der Waals surface area contributed by atoms with Gasteiger partial charge in [0.2, 0.25) is 0 Å². The van der Waals surface area contributed by atoms with Gasteiger partial charge in [-0.1, -0.05) is 18.2 Å². The summed E-state index contributed by atoms with van der Waals surface area (Å²) in [6.45, 7) is 0. The number of hydrogen-bond acceptors (Lipinski definition) is 6. The smallest absolute Gasteiger partial charge is 0.290 e. The number of benzene rings is 1. The number of amides is 2. The van der Waals surface area contributed by atoms with E-state index in [1.165, 1.54) is 0 Å². The number of fused-ring (bicyclic) bond motifs is 1. The van der Waals surface area contributed by atoms with Crippen LogP contribution in [0.4, 0.5) is 4.79 Å². The number of carbonyl (C=O) groups excluding carboxylic acids is 2. The maximum atomic E-state index is 11.7. The van der Waals surface area contributed by atoms with Crippen molar-refractivity contribution >= 4 is 40.0 Å². The molecule has 1 aliphatic heterocycles. The number of rotatable bonds is 3. The molecule has 3 heterocycles. The summed E-state index contributed by atoms with van der Waals surface area (Å²) >= 11 is 0.851. The lowest BCUT2D eigenvalue weighted by atomic mass is 10.1. The van der Waals surface area contributed by atoms with Gasteiger partial charge in [-0.15, -0.1) is 0 Å². The molecule has 0 atom stereocenters. The number of thioether (sulfide) groups is 1. The molecule has 1 aromatic carbocycles. The van der Waals surface area contributed by atoms with E-state index in [0.29, 0.717) is 22.0 Å². The Morgan fingerprint density at radius 3 is 2.80 bits per heavy atom. The van der Waals surface area contributed by atoms with Crippen LogP contribution in [0, 0.1) is 0 Å². The van der Waals surface area contributed by atoms with Gasteiger partial charge in [0.05, 0.1) is 12.0 Å².